The zero-order valence-corrected chi connectivity index (χ0v) is 13.4. The summed E-state index contributed by atoms with van der Waals surface area (Å²) < 4.78 is 3.86. The predicted octanol–water partition coefficient (Wildman–Crippen LogP) is 3.71. The van der Waals surface area contributed by atoms with Crippen LogP contribution < -0.4 is 0 Å². The fourth-order valence-corrected chi connectivity index (χ4v) is 2.90. The van der Waals surface area contributed by atoms with Crippen molar-refractivity contribution in [2.75, 3.05) is 0 Å². The van der Waals surface area contributed by atoms with Gasteiger partial charge in [-0.3, -0.25) is 0 Å². The molecule has 0 amide bonds. The first-order chi connectivity index (χ1) is 12.4. The van der Waals surface area contributed by atoms with Crippen molar-refractivity contribution in [1.82, 2.24) is 19.1 Å². The lowest BCUT2D eigenvalue weighted by molar-refractivity contribution is 0.776. The van der Waals surface area contributed by atoms with Crippen LogP contribution >= 0.6 is 0 Å². The minimum Gasteiger partial charge on any atom is -0.302 e. The van der Waals surface area contributed by atoms with E-state index < -0.39 is 5.92 Å². The molecule has 0 unspecified atom stereocenters. The van der Waals surface area contributed by atoms with Crippen LogP contribution in [-0.2, 0) is 0 Å². The number of hydrogen-bond acceptors (Lipinski definition) is 3. The molecule has 2 heterocycles. The lowest BCUT2D eigenvalue weighted by Gasteiger charge is -2.14. The molecule has 5 heteroatoms. The van der Waals surface area contributed by atoms with Crippen LogP contribution in [0, 0.1) is 11.3 Å². The molecule has 4 aromatic rings. The molecule has 0 aliphatic rings. The number of aromatic nitrogens is 4. The van der Waals surface area contributed by atoms with Crippen LogP contribution in [0.15, 0.2) is 85.5 Å². The van der Waals surface area contributed by atoms with E-state index in [0.29, 0.717) is 11.6 Å². The summed E-state index contributed by atoms with van der Waals surface area (Å²) in [6.07, 6.45) is 7.15. The Morgan fingerprint density at radius 3 is 1.56 bits per heavy atom. The predicted molar refractivity (Wildman–Crippen MR) is 94.6 cm³/mol. The Bertz CT molecular complexity index is 931. The second-order valence-electron chi connectivity index (χ2n) is 5.54. The summed E-state index contributed by atoms with van der Waals surface area (Å²) in [4.78, 5) is 8.88. The van der Waals surface area contributed by atoms with Gasteiger partial charge >= 0.3 is 0 Å². The van der Waals surface area contributed by atoms with Crippen LogP contribution in [0.25, 0.3) is 11.4 Å². The molecule has 120 valence electrons. The first kappa shape index (κ1) is 14.9. The fraction of sp³-hybridized carbons (Fsp3) is 0.0500. The van der Waals surface area contributed by atoms with Crippen molar-refractivity contribution in [1.29, 1.82) is 5.26 Å². The number of imidazole rings is 2. The van der Waals surface area contributed by atoms with Gasteiger partial charge in [-0.2, -0.15) is 5.26 Å². The summed E-state index contributed by atoms with van der Waals surface area (Å²) in [6.45, 7) is 0. The molecule has 2 aromatic carbocycles. The maximum atomic E-state index is 9.86. The lowest BCUT2D eigenvalue weighted by atomic mass is 10.1. The van der Waals surface area contributed by atoms with Crippen LogP contribution in [0.2, 0.25) is 0 Å². The van der Waals surface area contributed by atoms with E-state index >= 15 is 0 Å². The molecule has 2 aromatic heterocycles. The Balaban J connectivity index is 1.81. The van der Waals surface area contributed by atoms with Gasteiger partial charge in [-0.15, -0.1) is 0 Å². The molecular formula is C20H15N5. The minimum atomic E-state index is -0.578. The molecule has 0 bridgehead atoms. The Kier molecular flexibility index (Phi) is 3.85. The average Bonchev–Trinajstić information content (AvgIpc) is 3.34. The quantitative estimate of drug-likeness (QED) is 0.574. The molecule has 4 rings (SSSR count). The van der Waals surface area contributed by atoms with Crippen molar-refractivity contribution in [3.8, 4) is 17.4 Å². The summed E-state index contributed by atoms with van der Waals surface area (Å²) in [7, 11) is 0. The lowest BCUT2D eigenvalue weighted by Crippen LogP contribution is -2.12. The molecule has 0 atom stereocenters. The molecule has 0 aliphatic carbocycles. The van der Waals surface area contributed by atoms with Crippen LogP contribution in [-0.4, -0.2) is 19.1 Å². The maximum absolute atomic E-state index is 9.86. The van der Waals surface area contributed by atoms with Crippen LogP contribution in [0.4, 0.5) is 0 Å². The molecule has 5 nitrogen and oxygen atoms in total. The molecular weight excluding hydrogens is 310 g/mol. The van der Waals surface area contributed by atoms with Gasteiger partial charge in [0, 0.05) is 36.2 Å². The van der Waals surface area contributed by atoms with E-state index in [0.717, 1.165) is 11.4 Å². The van der Waals surface area contributed by atoms with Gasteiger partial charge in [-0.05, 0) is 24.3 Å². The molecule has 0 fully saturated rings. The van der Waals surface area contributed by atoms with E-state index in [1.165, 1.54) is 0 Å². The number of hydrogen-bond donors (Lipinski definition) is 0. The third kappa shape index (κ3) is 2.70. The van der Waals surface area contributed by atoms with Gasteiger partial charge < -0.3 is 9.13 Å². The number of rotatable bonds is 4. The van der Waals surface area contributed by atoms with Crippen molar-refractivity contribution in [2.24, 2.45) is 0 Å². The molecule has 0 saturated heterocycles. The van der Waals surface area contributed by atoms with Gasteiger partial charge in [0.2, 0.25) is 0 Å². The summed E-state index contributed by atoms with van der Waals surface area (Å²) in [6, 6.07) is 22.1. The Hall–Kier alpha value is -3.65. The van der Waals surface area contributed by atoms with Crippen molar-refractivity contribution >= 4 is 0 Å². The highest BCUT2D eigenvalue weighted by Gasteiger charge is 2.24. The zero-order valence-electron chi connectivity index (χ0n) is 13.4. The Morgan fingerprint density at radius 1 is 0.720 bits per heavy atom. The van der Waals surface area contributed by atoms with Crippen molar-refractivity contribution in [3.05, 3.63) is 97.1 Å². The Morgan fingerprint density at radius 2 is 1.16 bits per heavy atom. The van der Waals surface area contributed by atoms with Gasteiger partial charge in [0.15, 0.2) is 5.92 Å². The summed E-state index contributed by atoms with van der Waals surface area (Å²) >= 11 is 0. The van der Waals surface area contributed by atoms with E-state index in [1.807, 2.05) is 82.2 Å². The van der Waals surface area contributed by atoms with E-state index in [1.54, 1.807) is 12.4 Å². The highest BCUT2D eigenvalue weighted by Crippen LogP contribution is 2.25. The van der Waals surface area contributed by atoms with Crippen LogP contribution in [0.3, 0.4) is 0 Å². The molecule has 0 aliphatic heterocycles. The molecule has 0 N–H and O–H groups in total. The summed E-state index contributed by atoms with van der Waals surface area (Å²) in [5, 5.41) is 9.86. The fourth-order valence-electron chi connectivity index (χ4n) is 2.90. The standard InChI is InChI=1S/C20H15N5/c21-15-18(19-22-11-13-24(19)16-7-3-1-4-8-16)20-23-12-14-25(20)17-9-5-2-6-10-17/h1-14,18H. The van der Waals surface area contributed by atoms with Crippen LogP contribution in [0.5, 0.6) is 0 Å². The SMILES string of the molecule is N#CC(c1nccn1-c1ccccc1)c1nccn1-c1ccccc1. The minimum absolute atomic E-state index is 0.578. The third-order valence-electron chi connectivity index (χ3n) is 4.05. The van der Waals surface area contributed by atoms with E-state index in [2.05, 4.69) is 16.0 Å². The van der Waals surface area contributed by atoms with E-state index in [-0.39, 0.29) is 0 Å². The zero-order chi connectivity index (χ0) is 17.1. The highest BCUT2D eigenvalue weighted by atomic mass is 15.1. The first-order valence-electron chi connectivity index (χ1n) is 7.95. The molecule has 25 heavy (non-hydrogen) atoms. The van der Waals surface area contributed by atoms with Gasteiger partial charge in [-0.1, -0.05) is 36.4 Å². The average molecular weight is 325 g/mol. The number of nitriles is 1. The smallest absolute Gasteiger partial charge is 0.163 e. The van der Waals surface area contributed by atoms with Crippen molar-refractivity contribution < 1.29 is 0 Å². The topological polar surface area (TPSA) is 59.4 Å². The normalized spacial score (nSPS) is 10.7. The van der Waals surface area contributed by atoms with E-state index in [9.17, 15) is 5.26 Å². The highest BCUT2D eigenvalue weighted by molar-refractivity contribution is 5.39. The second-order valence-corrected chi connectivity index (χ2v) is 5.54. The third-order valence-corrected chi connectivity index (χ3v) is 4.05. The first-order valence-corrected chi connectivity index (χ1v) is 7.95. The van der Waals surface area contributed by atoms with Crippen molar-refractivity contribution in [2.45, 2.75) is 5.92 Å². The molecule has 0 radical (unpaired) electrons. The number of nitrogens with zero attached hydrogens (tertiary/aromatic N) is 5. The van der Waals surface area contributed by atoms with Crippen molar-refractivity contribution in [3.63, 3.8) is 0 Å². The van der Waals surface area contributed by atoms with Crippen LogP contribution in [0.1, 0.15) is 17.6 Å². The molecule has 0 spiro atoms. The largest absolute Gasteiger partial charge is 0.302 e. The van der Waals surface area contributed by atoms with Gasteiger partial charge in [-0.25, -0.2) is 9.97 Å². The number of para-hydroxylation sites is 2. The summed E-state index contributed by atoms with van der Waals surface area (Å²) in [5.41, 5.74) is 1.93. The van der Waals surface area contributed by atoms with E-state index in [4.69, 9.17) is 0 Å². The van der Waals surface area contributed by atoms with Gasteiger partial charge in [0.25, 0.3) is 0 Å². The Labute approximate surface area is 145 Å². The monoisotopic (exact) mass is 325 g/mol. The maximum Gasteiger partial charge on any atom is 0.163 e. The molecule has 0 saturated carbocycles. The number of benzene rings is 2. The summed E-state index contributed by atoms with van der Waals surface area (Å²) in [5.74, 6) is 0.722. The van der Waals surface area contributed by atoms with Gasteiger partial charge in [0.05, 0.1) is 6.07 Å². The van der Waals surface area contributed by atoms with Gasteiger partial charge in [0.1, 0.15) is 11.6 Å². The second kappa shape index (κ2) is 6.46.